The second-order valence-electron chi connectivity index (χ2n) is 6.13. The van der Waals surface area contributed by atoms with Crippen LogP contribution < -0.4 is 10.2 Å². The van der Waals surface area contributed by atoms with Crippen LogP contribution in [-0.4, -0.2) is 56.5 Å². The molecule has 1 aliphatic rings. The zero-order chi connectivity index (χ0) is 19.2. The first kappa shape index (κ1) is 18.4. The van der Waals surface area contributed by atoms with Gasteiger partial charge in [-0.1, -0.05) is 18.2 Å². The minimum Gasteiger partial charge on any atom is -0.465 e. The Balaban J connectivity index is 1.72. The third-order valence-electron chi connectivity index (χ3n) is 4.56. The summed E-state index contributed by atoms with van der Waals surface area (Å²) in [5.41, 5.74) is 2.39. The third kappa shape index (κ3) is 4.08. The molecule has 7 nitrogen and oxygen atoms in total. The first-order valence-electron chi connectivity index (χ1n) is 8.66. The molecule has 2 aromatic carbocycles. The zero-order valence-electron chi connectivity index (χ0n) is 15.1. The SMILES string of the molecule is COC(=O)c1ccc(N2CCN(C(=O)c3ccccc3)CC2)c(NC=O)c1. The van der Waals surface area contributed by atoms with Crippen LogP contribution in [0.25, 0.3) is 0 Å². The normalized spacial score (nSPS) is 13.8. The fourth-order valence-electron chi connectivity index (χ4n) is 3.15. The number of nitrogens with zero attached hydrogens (tertiary/aromatic N) is 2. The van der Waals surface area contributed by atoms with E-state index in [9.17, 15) is 14.4 Å². The fraction of sp³-hybridized carbons (Fsp3) is 0.250. The van der Waals surface area contributed by atoms with Gasteiger partial charge in [0.2, 0.25) is 6.41 Å². The van der Waals surface area contributed by atoms with E-state index in [0.717, 1.165) is 5.69 Å². The number of amides is 2. The molecule has 1 saturated heterocycles. The number of carbonyl (C=O) groups excluding carboxylic acids is 3. The number of hydrogen-bond donors (Lipinski definition) is 1. The van der Waals surface area contributed by atoms with Crippen LogP contribution in [0, 0.1) is 0 Å². The van der Waals surface area contributed by atoms with Crippen LogP contribution in [0.4, 0.5) is 11.4 Å². The molecule has 0 aromatic heterocycles. The summed E-state index contributed by atoms with van der Waals surface area (Å²) in [6.07, 6.45) is 0.578. The highest BCUT2D eigenvalue weighted by atomic mass is 16.5. The second-order valence-corrected chi connectivity index (χ2v) is 6.13. The van der Waals surface area contributed by atoms with Crippen molar-refractivity contribution in [1.29, 1.82) is 0 Å². The van der Waals surface area contributed by atoms with Crippen LogP contribution in [0.1, 0.15) is 20.7 Å². The molecule has 1 aliphatic heterocycles. The predicted molar refractivity (Wildman–Crippen MR) is 102 cm³/mol. The highest BCUT2D eigenvalue weighted by Gasteiger charge is 2.24. The maximum absolute atomic E-state index is 12.6. The van der Waals surface area contributed by atoms with Gasteiger partial charge in [0.15, 0.2) is 0 Å². The van der Waals surface area contributed by atoms with E-state index < -0.39 is 5.97 Å². The van der Waals surface area contributed by atoms with Crippen molar-refractivity contribution in [2.24, 2.45) is 0 Å². The van der Waals surface area contributed by atoms with Crippen LogP contribution >= 0.6 is 0 Å². The largest absolute Gasteiger partial charge is 0.465 e. The van der Waals surface area contributed by atoms with Gasteiger partial charge in [-0.25, -0.2) is 4.79 Å². The number of methoxy groups -OCH3 is 1. The summed E-state index contributed by atoms with van der Waals surface area (Å²) >= 11 is 0. The van der Waals surface area contributed by atoms with Crippen molar-refractivity contribution in [3.63, 3.8) is 0 Å². The van der Waals surface area contributed by atoms with Gasteiger partial charge in [0.1, 0.15) is 0 Å². The number of hydrogen-bond acceptors (Lipinski definition) is 5. The lowest BCUT2D eigenvalue weighted by Gasteiger charge is -2.37. The number of rotatable bonds is 5. The molecule has 7 heteroatoms. The average Bonchev–Trinajstić information content (AvgIpc) is 2.73. The molecule has 0 saturated carbocycles. The van der Waals surface area contributed by atoms with Gasteiger partial charge in [-0.15, -0.1) is 0 Å². The maximum atomic E-state index is 12.6. The number of piperazine rings is 1. The molecule has 0 unspecified atom stereocenters. The van der Waals surface area contributed by atoms with Crippen molar-refractivity contribution in [3.05, 3.63) is 59.7 Å². The summed E-state index contributed by atoms with van der Waals surface area (Å²) in [7, 11) is 1.31. The summed E-state index contributed by atoms with van der Waals surface area (Å²) in [4.78, 5) is 39.1. The van der Waals surface area contributed by atoms with Crippen LogP contribution in [0.15, 0.2) is 48.5 Å². The molecule has 3 rings (SSSR count). The molecule has 2 aromatic rings. The lowest BCUT2D eigenvalue weighted by atomic mass is 10.1. The van der Waals surface area contributed by atoms with Gasteiger partial charge >= 0.3 is 5.97 Å². The molecule has 1 heterocycles. The summed E-state index contributed by atoms with van der Waals surface area (Å²) in [5, 5.41) is 2.64. The maximum Gasteiger partial charge on any atom is 0.337 e. The molecule has 0 spiro atoms. The number of ether oxygens (including phenoxy) is 1. The van der Waals surface area contributed by atoms with Gasteiger partial charge in [0.05, 0.1) is 24.0 Å². The van der Waals surface area contributed by atoms with Crippen molar-refractivity contribution < 1.29 is 19.1 Å². The van der Waals surface area contributed by atoms with E-state index in [1.54, 1.807) is 18.2 Å². The van der Waals surface area contributed by atoms with E-state index >= 15 is 0 Å². The summed E-state index contributed by atoms with van der Waals surface area (Å²) < 4.78 is 4.72. The van der Waals surface area contributed by atoms with Crippen molar-refractivity contribution in [1.82, 2.24) is 4.90 Å². The molecule has 1 fully saturated rings. The number of benzene rings is 2. The smallest absolute Gasteiger partial charge is 0.337 e. The number of anilines is 2. The van der Waals surface area contributed by atoms with Crippen molar-refractivity contribution >= 4 is 29.7 Å². The van der Waals surface area contributed by atoms with E-state index in [-0.39, 0.29) is 5.91 Å². The zero-order valence-corrected chi connectivity index (χ0v) is 15.1. The molecule has 0 atom stereocenters. The predicted octanol–water partition coefficient (Wildman–Crippen LogP) is 2.00. The lowest BCUT2D eigenvalue weighted by molar-refractivity contribution is -0.105. The standard InChI is InChI=1S/C20H21N3O4/c1-27-20(26)16-7-8-18(17(13-16)21-14-24)22-9-11-23(12-10-22)19(25)15-5-3-2-4-6-15/h2-8,13-14H,9-12H2,1H3,(H,21,24). The molecule has 27 heavy (non-hydrogen) atoms. The molecule has 0 aliphatic carbocycles. The number of carbonyl (C=O) groups is 3. The Labute approximate surface area is 157 Å². The highest BCUT2D eigenvalue weighted by molar-refractivity contribution is 5.95. The lowest BCUT2D eigenvalue weighted by Crippen LogP contribution is -2.49. The Bertz CT molecular complexity index is 830. The topological polar surface area (TPSA) is 79.0 Å². The number of nitrogens with one attached hydrogen (secondary N) is 1. The Hall–Kier alpha value is -3.35. The highest BCUT2D eigenvalue weighted by Crippen LogP contribution is 2.28. The van der Waals surface area contributed by atoms with Crippen LogP contribution in [0.5, 0.6) is 0 Å². The molecule has 140 valence electrons. The first-order chi connectivity index (χ1) is 13.1. The van der Waals surface area contributed by atoms with Gasteiger partial charge in [0.25, 0.3) is 5.91 Å². The Kier molecular flexibility index (Phi) is 5.71. The minimum absolute atomic E-state index is 0.0162. The van der Waals surface area contributed by atoms with Crippen LogP contribution in [-0.2, 0) is 9.53 Å². The summed E-state index contributed by atoms with van der Waals surface area (Å²) in [5.74, 6) is -0.448. The minimum atomic E-state index is -0.464. The molecular weight excluding hydrogens is 346 g/mol. The third-order valence-corrected chi connectivity index (χ3v) is 4.56. The van der Waals surface area contributed by atoms with Crippen molar-refractivity contribution in [2.45, 2.75) is 0 Å². The van der Waals surface area contributed by atoms with E-state index in [1.165, 1.54) is 7.11 Å². The average molecular weight is 367 g/mol. The molecule has 1 N–H and O–H groups in total. The summed E-state index contributed by atoms with van der Waals surface area (Å²) in [6, 6.07) is 14.3. The van der Waals surface area contributed by atoms with E-state index in [1.807, 2.05) is 35.2 Å². The summed E-state index contributed by atoms with van der Waals surface area (Å²) in [6.45, 7) is 2.41. The van der Waals surface area contributed by atoms with Crippen molar-refractivity contribution in [3.8, 4) is 0 Å². The van der Waals surface area contributed by atoms with E-state index in [4.69, 9.17) is 4.74 Å². The van der Waals surface area contributed by atoms with Gasteiger partial charge in [0, 0.05) is 31.7 Å². The fourth-order valence-corrected chi connectivity index (χ4v) is 3.15. The van der Waals surface area contributed by atoms with Gasteiger partial charge < -0.3 is 19.9 Å². The van der Waals surface area contributed by atoms with Gasteiger partial charge in [-0.3, -0.25) is 9.59 Å². The number of esters is 1. The molecule has 0 bridgehead atoms. The quantitative estimate of drug-likeness (QED) is 0.646. The molecule has 2 amide bonds. The first-order valence-corrected chi connectivity index (χ1v) is 8.66. The Morgan fingerprint density at radius 1 is 1.00 bits per heavy atom. The van der Waals surface area contributed by atoms with Crippen molar-refractivity contribution in [2.75, 3.05) is 43.5 Å². The van der Waals surface area contributed by atoms with Crippen LogP contribution in [0.2, 0.25) is 0 Å². The van der Waals surface area contributed by atoms with Gasteiger partial charge in [-0.2, -0.15) is 0 Å². The Morgan fingerprint density at radius 2 is 1.70 bits per heavy atom. The van der Waals surface area contributed by atoms with E-state index in [2.05, 4.69) is 10.2 Å². The second kappa shape index (κ2) is 8.35. The Morgan fingerprint density at radius 3 is 2.33 bits per heavy atom. The monoisotopic (exact) mass is 367 g/mol. The van der Waals surface area contributed by atoms with Gasteiger partial charge in [-0.05, 0) is 30.3 Å². The van der Waals surface area contributed by atoms with E-state index in [0.29, 0.717) is 49.4 Å². The van der Waals surface area contributed by atoms with Crippen LogP contribution in [0.3, 0.4) is 0 Å². The molecule has 0 radical (unpaired) electrons. The molecular formula is C20H21N3O4.